The van der Waals surface area contributed by atoms with Crippen LogP contribution in [-0.4, -0.2) is 53.6 Å². The Morgan fingerprint density at radius 2 is 2.08 bits per heavy atom. The van der Waals surface area contributed by atoms with Crippen LogP contribution < -0.4 is 5.32 Å². The number of carbonyl (C=O) groups excluding carboxylic acids is 1. The Morgan fingerprint density at radius 3 is 2.71 bits per heavy atom. The van der Waals surface area contributed by atoms with Crippen LogP contribution in [-0.2, 0) is 11.3 Å². The van der Waals surface area contributed by atoms with Gasteiger partial charge in [-0.15, -0.1) is 0 Å². The van der Waals surface area contributed by atoms with Crippen molar-refractivity contribution >= 4 is 23.1 Å². The molecule has 130 valence electrons. The number of amides is 1. The van der Waals surface area contributed by atoms with Gasteiger partial charge in [-0.05, 0) is 28.3 Å². The van der Waals surface area contributed by atoms with Crippen molar-refractivity contribution in [2.75, 3.05) is 38.0 Å². The third-order valence-corrected chi connectivity index (χ3v) is 4.93. The zero-order valence-corrected chi connectivity index (χ0v) is 15.0. The molecule has 1 saturated heterocycles. The zero-order chi connectivity index (χ0) is 16.9. The normalized spacial score (nSPS) is 16.6. The molecule has 3 heterocycles. The summed E-state index contributed by atoms with van der Waals surface area (Å²) < 4.78 is 5.15. The highest BCUT2D eigenvalue weighted by molar-refractivity contribution is 7.07. The monoisotopic (exact) mass is 348 g/mol. The molecule has 0 aliphatic carbocycles. The lowest BCUT2D eigenvalue weighted by Gasteiger charge is -2.34. The van der Waals surface area contributed by atoms with Gasteiger partial charge in [-0.2, -0.15) is 11.3 Å². The maximum atomic E-state index is 12.1. The molecule has 1 N–H and O–H groups in total. The summed E-state index contributed by atoms with van der Waals surface area (Å²) in [7, 11) is 0. The average molecular weight is 348 g/mol. The number of hydrogen-bond acceptors (Lipinski definition) is 6. The lowest BCUT2D eigenvalue weighted by atomic mass is 10.1. The Balaban J connectivity index is 1.41. The summed E-state index contributed by atoms with van der Waals surface area (Å²) in [5.74, 6) is 0.670. The largest absolute Gasteiger partial charge is 0.338 e. The summed E-state index contributed by atoms with van der Waals surface area (Å²) in [6.07, 6.45) is 0. The quantitative estimate of drug-likeness (QED) is 0.869. The Bertz CT molecular complexity index is 645. The molecule has 0 radical (unpaired) electrons. The van der Waals surface area contributed by atoms with E-state index in [0.29, 0.717) is 12.4 Å². The standard InChI is InChI=1S/C17H24N4O2S/c1-13(2)15-9-17(23-19-15)18-16(22)11-21-6-4-20(5-7-21)10-14-3-8-24-12-14/h3,8-9,12-13H,4-7,10-11H2,1-2H3,(H,18,22). The molecular weight excluding hydrogens is 324 g/mol. The van der Waals surface area contributed by atoms with Crippen molar-refractivity contribution in [3.8, 4) is 0 Å². The molecule has 0 unspecified atom stereocenters. The number of piperazine rings is 1. The lowest BCUT2D eigenvalue weighted by Crippen LogP contribution is -2.48. The molecule has 0 spiro atoms. The Labute approximate surface area is 146 Å². The number of carbonyl (C=O) groups is 1. The molecule has 2 aromatic rings. The Morgan fingerprint density at radius 1 is 1.33 bits per heavy atom. The molecule has 2 aromatic heterocycles. The second-order valence-electron chi connectivity index (χ2n) is 6.50. The first kappa shape index (κ1) is 17.1. The Hall–Kier alpha value is -1.70. The lowest BCUT2D eigenvalue weighted by molar-refractivity contribution is -0.117. The second kappa shape index (κ2) is 7.92. The van der Waals surface area contributed by atoms with E-state index >= 15 is 0 Å². The van der Waals surface area contributed by atoms with Gasteiger partial charge < -0.3 is 4.52 Å². The summed E-state index contributed by atoms with van der Waals surface area (Å²) in [5.41, 5.74) is 2.23. The first-order valence-corrected chi connectivity index (χ1v) is 9.26. The fourth-order valence-electron chi connectivity index (χ4n) is 2.75. The van der Waals surface area contributed by atoms with Crippen LogP contribution in [0.5, 0.6) is 0 Å². The number of hydrogen-bond donors (Lipinski definition) is 1. The molecule has 1 aliphatic rings. The number of rotatable bonds is 6. The van der Waals surface area contributed by atoms with Gasteiger partial charge in [0, 0.05) is 38.8 Å². The van der Waals surface area contributed by atoms with E-state index in [0.717, 1.165) is 38.4 Å². The van der Waals surface area contributed by atoms with Gasteiger partial charge in [-0.25, -0.2) is 0 Å². The minimum Gasteiger partial charge on any atom is -0.338 e. The number of nitrogens with zero attached hydrogens (tertiary/aromatic N) is 3. The third kappa shape index (κ3) is 4.66. The molecule has 0 atom stereocenters. The molecule has 7 heteroatoms. The second-order valence-corrected chi connectivity index (χ2v) is 7.28. The van der Waals surface area contributed by atoms with E-state index in [-0.39, 0.29) is 11.8 Å². The van der Waals surface area contributed by atoms with Crippen LogP contribution in [0.25, 0.3) is 0 Å². The van der Waals surface area contributed by atoms with E-state index in [1.165, 1.54) is 5.56 Å². The summed E-state index contributed by atoms with van der Waals surface area (Å²) >= 11 is 1.74. The van der Waals surface area contributed by atoms with Gasteiger partial charge >= 0.3 is 0 Å². The summed E-state index contributed by atoms with van der Waals surface area (Å²) in [4.78, 5) is 16.8. The van der Waals surface area contributed by atoms with Crippen LogP contribution in [0.2, 0.25) is 0 Å². The van der Waals surface area contributed by atoms with Gasteiger partial charge in [0.2, 0.25) is 11.8 Å². The Kier molecular flexibility index (Phi) is 5.65. The topological polar surface area (TPSA) is 61.6 Å². The van der Waals surface area contributed by atoms with E-state index in [2.05, 4.69) is 37.1 Å². The van der Waals surface area contributed by atoms with E-state index in [4.69, 9.17) is 4.52 Å². The highest BCUT2D eigenvalue weighted by atomic mass is 32.1. The summed E-state index contributed by atoms with van der Waals surface area (Å²) in [6, 6.07) is 3.97. The van der Waals surface area contributed by atoms with Crippen molar-refractivity contribution in [2.45, 2.75) is 26.3 Å². The number of aromatic nitrogens is 1. The SMILES string of the molecule is CC(C)c1cc(NC(=O)CN2CCN(Cc3ccsc3)CC2)on1. The molecule has 3 rings (SSSR count). The van der Waals surface area contributed by atoms with Gasteiger partial charge in [0.1, 0.15) is 0 Å². The minimum absolute atomic E-state index is 0.0484. The van der Waals surface area contributed by atoms with Crippen molar-refractivity contribution in [3.05, 3.63) is 34.2 Å². The summed E-state index contributed by atoms with van der Waals surface area (Å²) in [5, 5.41) is 11.1. The molecule has 6 nitrogen and oxygen atoms in total. The average Bonchev–Trinajstić information content (AvgIpc) is 3.21. The van der Waals surface area contributed by atoms with Crippen LogP contribution in [0.15, 0.2) is 27.4 Å². The van der Waals surface area contributed by atoms with Crippen molar-refractivity contribution in [1.29, 1.82) is 0 Å². The zero-order valence-electron chi connectivity index (χ0n) is 14.2. The number of anilines is 1. The third-order valence-electron chi connectivity index (χ3n) is 4.20. The molecule has 24 heavy (non-hydrogen) atoms. The highest BCUT2D eigenvalue weighted by Crippen LogP contribution is 2.17. The van der Waals surface area contributed by atoms with Gasteiger partial charge in [0.05, 0.1) is 12.2 Å². The van der Waals surface area contributed by atoms with Crippen LogP contribution in [0.4, 0.5) is 5.88 Å². The fraction of sp³-hybridized carbons (Fsp3) is 0.529. The molecule has 0 aromatic carbocycles. The van der Waals surface area contributed by atoms with Gasteiger partial charge in [-0.3, -0.25) is 19.9 Å². The highest BCUT2D eigenvalue weighted by Gasteiger charge is 2.20. The van der Waals surface area contributed by atoms with Crippen molar-refractivity contribution in [1.82, 2.24) is 15.0 Å². The first-order chi connectivity index (χ1) is 11.6. The first-order valence-electron chi connectivity index (χ1n) is 8.32. The van der Waals surface area contributed by atoms with Crippen molar-refractivity contribution in [3.63, 3.8) is 0 Å². The van der Waals surface area contributed by atoms with Crippen molar-refractivity contribution in [2.24, 2.45) is 0 Å². The predicted molar refractivity (Wildman–Crippen MR) is 95.3 cm³/mol. The maximum Gasteiger partial charge on any atom is 0.240 e. The molecule has 1 fully saturated rings. The van der Waals surface area contributed by atoms with E-state index in [1.807, 2.05) is 13.8 Å². The molecular formula is C17H24N4O2S. The van der Waals surface area contributed by atoms with E-state index in [9.17, 15) is 4.79 Å². The van der Waals surface area contributed by atoms with Gasteiger partial charge in [0.15, 0.2) is 0 Å². The van der Waals surface area contributed by atoms with Crippen molar-refractivity contribution < 1.29 is 9.32 Å². The number of thiophene rings is 1. The predicted octanol–water partition coefficient (Wildman–Crippen LogP) is 2.62. The van der Waals surface area contributed by atoms with E-state index < -0.39 is 0 Å². The smallest absolute Gasteiger partial charge is 0.240 e. The van der Waals surface area contributed by atoms with Gasteiger partial charge in [0.25, 0.3) is 0 Å². The van der Waals surface area contributed by atoms with Gasteiger partial charge in [-0.1, -0.05) is 19.0 Å². The molecule has 1 aliphatic heterocycles. The molecule has 0 saturated carbocycles. The van der Waals surface area contributed by atoms with E-state index in [1.54, 1.807) is 17.4 Å². The molecule has 0 bridgehead atoms. The van der Waals surface area contributed by atoms with Crippen LogP contribution in [0.3, 0.4) is 0 Å². The van der Waals surface area contributed by atoms with Crippen LogP contribution in [0.1, 0.15) is 31.0 Å². The number of nitrogens with one attached hydrogen (secondary N) is 1. The maximum absolute atomic E-state index is 12.1. The van der Waals surface area contributed by atoms with Crippen LogP contribution >= 0.6 is 11.3 Å². The molecule has 1 amide bonds. The van der Waals surface area contributed by atoms with Crippen LogP contribution in [0, 0.1) is 0 Å². The minimum atomic E-state index is -0.0484. The fourth-order valence-corrected chi connectivity index (χ4v) is 3.41. The summed E-state index contributed by atoms with van der Waals surface area (Å²) in [6.45, 7) is 9.27.